The van der Waals surface area contributed by atoms with E-state index in [0.29, 0.717) is 25.3 Å². The lowest BCUT2D eigenvalue weighted by atomic mass is 9.96. The molecule has 0 heterocycles. The zero-order valence-corrected chi connectivity index (χ0v) is 13.1. The lowest BCUT2D eigenvalue weighted by molar-refractivity contribution is -0.124. The van der Waals surface area contributed by atoms with Crippen LogP contribution in [0.2, 0.25) is 0 Å². The van der Waals surface area contributed by atoms with E-state index in [1.54, 1.807) is 14.2 Å². The van der Waals surface area contributed by atoms with Crippen LogP contribution >= 0.6 is 0 Å². The van der Waals surface area contributed by atoms with Crippen LogP contribution < -0.4 is 11.1 Å². The maximum atomic E-state index is 11.7. The van der Waals surface area contributed by atoms with Crippen LogP contribution in [0, 0.1) is 0 Å². The van der Waals surface area contributed by atoms with Crippen molar-refractivity contribution < 1.29 is 14.3 Å². The number of hydrogen-bond acceptors (Lipinski definition) is 5. The molecule has 1 aliphatic carbocycles. The summed E-state index contributed by atoms with van der Waals surface area (Å²) in [7, 11) is 5.22. The third kappa shape index (κ3) is 3.91. The van der Waals surface area contributed by atoms with Crippen molar-refractivity contribution in [3.63, 3.8) is 0 Å². The van der Waals surface area contributed by atoms with Gasteiger partial charge in [0.1, 0.15) is 0 Å². The van der Waals surface area contributed by atoms with E-state index in [0.717, 1.165) is 25.8 Å². The average Bonchev–Trinajstić information content (AvgIpc) is 2.85. The first-order valence-electron chi connectivity index (χ1n) is 7.23. The van der Waals surface area contributed by atoms with E-state index in [9.17, 15) is 4.79 Å². The number of rotatable bonds is 9. The fraction of sp³-hybridized carbons (Fsp3) is 0.929. The first-order chi connectivity index (χ1) is 9.50. The summed E-state index contributed by atoms with van der Waals surface area (Å²) in [5, 5.41) is 3.13. The van der Waals surface area contributed by atoms with E-state index < -0.39 is 5.54 Å². The van der Waals surface area contributed by atoms with Gasteiger partial charge in [0, 0.05) is 32.8 Å². The SMILES string of the molecule is CNC1(C(N)=O)CCC(N(CCOC)C(C)COC)C1. The molecule has 3 atom stereocenters. The van der Waals surface area contributed by atoms with Gasteiger partial charge in [-0.1, -0.05) is 0 Å². The lowest BCUT2D eigenvalue weighted by Crippen LogP contribution is -2.54. The summed E-state index contributed by atoms with van der Waals surface area (Å²) in [5.41, 5.74) is 5.00. The standard InChI is InChI=1S/C14H29N3O3/c1-11(10-20-4)17(7-8-19-3)12-5-6-14(9-12,16-2)13(15)18/h11-12,16H,5-10H2,1-4H3,(H2,15,18). The van der Waals surface area contributed by atoms with Crippen LogP contribution in [-0.4, -0.2) is 69.5 Å². The number of nitrogens with two attached hydrogens (primary N) is 1. The molecule has 0 aromatic heterocycles. The zero-order chi connectivity index (χ0) is 15.2. The Kier molecular flexibility index (Phi) is 6.88. The minimum atomic E-state index is -0.567. The van der Waals surface area contributed by atoms with Crippen LogP contribution in [0.4, 0.5) is 0 Å². The van der Waals surface area contributed by atoms with E-state index in [2.05, 4.69) is 17.1 Å². The van der Waals surface area contributed by atoms with E-state index in [1.807, 2.05) is 7.05 Å². The predicted molar refractivity (Wildman–Crippen MR) is 78.5 cm³/mol. The maximum Gasteiger partial charge on any atom is 0.237 e. The largest absolute Gasteiger partial charge is 0.383 e. The third-order valence-electron chi connectivity index (χ3n) is 4.44. The number of ether oxygens (including phenoxy) is 2. The van der Waals surface area contributed by atoms with Crippen LogP contribution in [0.3, 0.4) is 0 Å². The number of nitrogens with zero attached hydrogens (tertiary/aromatic N) is 1. The summed E-state index contributed by atoms with van der Waals surface area (Å²) in [5.74, 6) is -0.256. The highest BCUT2D eigenvalue weighted by molar-refractivity contribution is 5.85. The summed E-state index contributed by atoms with van der Waals surface area (Å²) < 4.78 is 10.5. The number of amides is 1. The van der Waals surface area contributed by atoms with Gasteiger partial charge in [-0.05, 0) is 33.2 Å². The molecule has 0 saturated heterocycles. The van der Waals surface area contributed by atoms with Crippen LogP contribution in [0.15, 0.2) is 0 Å². The minimum absolute atomic E-state index is 0.256. The van der Waals surface area contributed by atoms with Gasteiger partial charge < -0.3 is 20.5 Å². The topological polar surface area (TPSA) is 76.8 Å². The second kappa shape index (κ2) is 7.93. The summed E-state index contributed by atoms with van der Waals surface area (Å²) in [6.07, 6.45) is 2.49. The molecule has 0 aromatic rings. The molecule has 3 unspecified atom stereocenters. The first kappa shape index (κ1) is 17.4. The molecule has 1 rings (SSSR count). The molecule has 6 heteroatoms. The van der Waals surface area contributed by atoms with Gasteiger partial charge in [-0.15, -0.1) is 0 Å². The van der Waals surface area contributed by atoms with Crippen molar-refractivity contribution in [2.45, 2.75) is 43.8 Å². The number of nitrogens with one attached hydrogen (secondary N) is 1. The molecule has 1 aliphatic rings. The summed E-state index contributed by atoms with van der Waals surface area (Å²) in [6.45, 7) is 4.32. The van der Waals surface area contributed by atoms with E-state index >= 15 is 0 Å². The van der Waals surface area contributed by atoms with Crippen molar-refractivity contribution in [3.05, 3.63) is 0 Å². The molecule has 0 aromatic carbocycles. The molecular weight excluding hydrogens is 258 g/mol. The highest BCUT2D eigenvalue weighted by Gasteiger charge is 2.45. The molecule has 1 saturated carbocycles. The van der Waals surface area contributed by atoms with Crippen LogP contribution in [0.1, 0.15) is 26.2 Å². The number of carbonyl (C=O) groups is 1. The Morgan fingerprint density at radius 2 is 2.20 bits per heavy atom. The van der Waals surface area contributed by atoms with Crippen LogP contribution in [-0.2, 0) is 14.3 Å². The molecular formula is C14H29N3O3. The van der Waals surface area contributed by atoms with Gasteiger partial charge in [0.05, 0.1) is 18.8 Å². The van der Waals surface area contributed by atoms with Crippen molar-refractivity contribution in [1.82, 2.24) is 10.2 Å². The summed E-state index contributed by atoms with van der Waals surface area (Å²) >= 11 is 0. The fourth-order valence-corrected chi connectivity index (χ4v) is 3.17. The molecule has 0 bridgehead atoms. The maximum absolute atomic E-state index is 11.7. The molecule has 0 radical (unpaired) electrons. The minimum Gasteiger partial charge on any atom is -0.383 e. The second-order valence-corrected chi connectivity index (χ2v) is 5.63. The Balaban J connectivity index is 2.75. The van der Waals surface area contributed by atoms with Gasteiger partial charge in [-0.3, -0.25) is 9.69 Å². The monoisotopic (exact) mass is 287 g/mol. The highest BCUT2D eigenvalue weighted by Crippen LogP contribution is 2.33. The molecule has 0 spiro atoms. The van der Waals surface area contributed by atoms with Crippen molar-refractivity contribution in [2.24, 2.45) is 5.73 Å². The normalized spacial score (nSPS) is 27.9. The predicted octanol–water partition coefficient (Wildman–Crippen LogP) is -0.0343. The van der Waals surface area contributed by atoms with Crippen molar-refractivity contribution in [2.75, 3.05) is 41.0 Å². The van der Waals surface area contributed by atoms with E-state index in [4.69, 9.17) is 15.2 Å². The number of carbonyl (C=O) groups excluding carboxylic acids is 1. The first-order valence-corrected chi connectivity index (χ1v) is 7.23. The Morgan fingerprint density at radius 1 is 1.50 bits per heavy atom. The smallest absolute Gasteiger partial charge is 0.237 e. The van der Waals surface area contributed by atoms with Crippen molar-refractivity contribution >= 4 is 5.91 Å². The third-order valence-corrected chi connectivity index (χ3v) is 4.44. The van der Waals surface area contributed by atoms with Gasteiger partial charge >= 0.3 is 0 Å². The van der Waals surface area contributed by atoms with Gasteiger partial charge in [0.15, 0.2) is 0 Å². The lowest BCUT2D eigenvalue weighted by Gasteiger charge is -2.35. The van der Waals surface area contributed by atoms with E-state index in [1.165, 1.54) is 0 Å². The number of methoxy groups -OCH3 is 2. The van der Waals surface area contributed by atoms with Gasteiger partial charge in [-0.2, -0.15) is 0 Å². The molecule has 20 heavy (non-hydrogen) atoms. The van der Waals surface area contributed by atoms with E-state index in [-0.39, 0.29) is 5.91 Å². The van der Waals surface area contributed by atoms with Crippen LogP contribution in [0.25, 0.3) is 0 Å². The van der Waals surface area contributed by atoms with Crippen molar-refractivity contribution in [3.8, 4) is 0 Å². The highest BCUT2D eigenvalue weighted by atomic mass is 16.5. The number of hydrogen-bond donors (Lipinski definition) is 2. The Hall–Kier alpha value is -0.690. The molecule has 3 N–H and O–H groups in total. The Bertz CT molecular complexity index is 314. The Labute approximate surface area is 122 Å². The molecule has 118 valence electrons. The number of primary amides is 1. The van der Waals surface area contributed by atoms with Gasteiger partial charge in [0.25, 0.3) is 0 Å². The zero-order valence-electron chi connectivity index (χ0n) is 13.1. The summed E-state index contributed by atoms with van der Waals surface area (Å²) in [6, 6.07) is 0.621. The molecule has 0 aliphatic heterocycles. The van der Waals surface area contributed by atoms with Crippen LogP contribution in [0.5, 0.6) is 0 Å². The molecule has 6 nitrogen and oxygen atoms in total. The molecule has 1 fully saturated rings. The van der Waals surface area contributed by atoms with Crippen molar-refractivity contribution in [1.29, 1.82) is 0 Å². The van der Waals surface area contributed by atoms with Gasteiger partial charge in [0.2, 0.25) is 5.91 Å². The molecule has 1 amide bonds. The fourth-order valence-electron chi connectivity index (χ4n) is 3.17. The average molecular weight is 287 g/mol. The quantitative estimate of drug-likeness (QED) is 0.622. The number of likely N-dealkylation sites (N-methyl/N-ethyl adjacent to an activating group) is 1. The summed E-state index contributed by atoms with van der Waals surface area (Å²) in [4.78, 5) is 14.1. The van der Waals surface area contributed by atoms with Gasteiger partial charge in [-0.25, -0.2) is 0 Å². The Morgan fingerprint density at radius 3 is 2.65 bits per heavy atom. The second-order valence-electron chi connectivity index (χ2n) is 5.63.